The molecule has 0 aromatic heterocycles. The summed E-state index contributed by atoms with van der Waals surface area (Å²) in [5, 5.41) is 4.37. The van der Waals surface area contributed by atoms with E-state index in [1.54, 1.807) is 6.92 Å². The van der Waals surface area contributed by atoms with E-state index >= 15 is 0 Å². The quantitative estimate of drug-likeness (QED) is 0.521. The summed E-state index contributed by atoms with van der Waals surface area (Å²) in [6, 6.07) is 3.32. The number of carbonyl (C=O) groups is 5. The van der Waals surface area contributed by atoms with Crippen molar-refractivity contribution in [1.29, 1.82) is 0 Å². The number of hydrogen-bond acceptors (Lipinski definition) is 7. The molecule has 1 unspecified atom stereocenters. The van der Waals surface area contributed by atoms with Crippen molar-refractivity contribution in [2.24, 2.45) is 0 Å². The van der Waals surface area contributed by atoms with Crippen molar-refractivity contribution < 1.29 is 33.4 Å². The van der Waals surface area contributed by atoms with Crippen LogP contribution in [-0.4, -0.2) is 67.0 Å². The van der Waals surface area contributed by atoms with Crippen LogP contribution >= 0.6 is 0 Å². The first-order valence-electron chi connectivity index (χ1n) is 9.27. The Balaban J connectivity index is 1.62. The van der Waals surface area contributed by atoms with Crippen molar-refractivity contribution in [3.8, 4) is 0 Å². The third-order valence-electron chi connectivity index (χ3n) is 4.54. The largest absolute Gasteiger partial charge is 0.452 e. The van der Waals surface area contributed by atoms with Crippen molar-refractivity contribution >= 4 is 29.7 Å². The molecule has 2 aliphatic rings. The smallest absolute Gasteiger partial charge is 0.338 e. The van der Waals surface area contributed by atoms with E-state index in [4.69, 9.17) is 9.47 Å². The molecule has 3 rings (SSSR count). The molecule has 2 heterocycles. The van der Waals surface area contributed by atoms with E-state index in [9.17, 15) is 24.0 Å². The van der Waals surface area contributed by atoms with Crippen LogP contribution in [0.15, 0.2) is 18.2 Å². The second-order valence-corrected chi connectivity index (χ2v) is 6.60. The molecule has 10 heteroatoms. The summed E-state index contributed by atoms with van der Waals surface area (Å²) in [6.45, 7) is 2.14. The fourth-order valence-corrected chi connectivity index (χ4v) is 3.16. The molecule has 0 spiro atoms. The van der Waals surface area contributed by atoms with Crippen molar-refractivity contribution in [1.82, 2.24) is 15.5 Å². The Morgan fingerprint density at radius 3 is 2.66 bits per heavy atom. The fourth-order valence-electron chi connectivity index (χ4n) is 3.16. The normalized spacial score (nSPS) is 17.8. The van der Waals surface area contributed by atoms with Crippen LogP contribution in [0.5, 0.6) is 0 Å². The average Bonchev–Trinajstić information content (AvgIpc) is 3.29. The molecule has 10 nitrogen and oxygen atoms in total. The predicted molar refractivity (Wildman–Crippen MR) is 98.3 cm³/mol. The van der Waals surface area contributed by atoms with Crippen molar-refractivity contribution in [2.45, 2.75) is 25.9 Å². The lowest BCUT2D eigenvalue weighted by Gasteiger charge is -2.17. The maximum atomic E-state index is 12.6. The predicted octanol–water partition coefficient (Wildman–Crippen LogP) is 0.464. The van der Waals surface area contributed by atoms with E-state index in [-0.39, 0.29) is 29.3 Å². The Bertz CT molecular complexity index is 861. The lowest BCUT2D eigenvalue weighted by Crippen LogP contribution is -2.41. The summed E-state index contributed by atoms with van der Waals surface area (Å²) >= 11 is 0. The number of ether oxygens (including phenoxy) is 2. The number of fused-ring (bicyclic) bond motifs is 1. The molecule has 1 aromatic carbocycles. The number of esters is 1. The van der Waals surface area contributed by atoms with Gasteiger partial charge in [0.25, 0.3) is 17.7 Å². The molecule has 0 aliphatic carbocycles. The number of amides is 5. The van der Waals surface area contributed by atoms with Gasteiger partial charge in [-0.05, 0) is 38.0 Å². The highest BCUT2D eigenvalue weighted by atomic mass is 16.5. The van der Waals surface area contributed by atoms with E-state index in [1.165, 1.54) is 18.2 Å². The molecular formula is C19H21N3O7. The van der Waals surface area contributed by atoms with Gasteiger partial charge < -0.3 is 14.8 Å². The zero-order valence-electron chi connectivity index (χ0n) is 15.9. The lowest BCUT2D eigenvalue weighted by molar-refractivity contribution is -0.123. The molecule has 1 saturated heterocycles. The molecule has 0 bridgehead atoms. The zero-order chi connectivity index (χ0) is 21.0. The number of nitrogens with one attached hydrogen (secondary N) is 2. The third-order valence-corrected chi connectivity index (χ3v) is 4.54. The Hall–Kier alpha value is -3.27. The van der Waals surface area contributed by atoms with Gasteiger partial charge >= 0.3 is 12.0 Å². The topological polar surface area (TPSA) is 131 Å². The van der Waals surface area contributed by atoms with Crippen LogP contribution in [0, 0.1) is 0 Å². The number of carbonyl (C=O) groups excluding carboxylic acids is 5. The molecular weight excluding hydrogens is 382 g/mol. The Kier molecular flexibility index (Phi) is 6.23. The third kappa shape index (κ3) is 4.60. The highest BCUT2D eigenvalue weighted by Gasteiger charge is 2.38. The zero-order valence-corrected chi connectivity index (χ0v) is 15.9. The number of benzene rings is 1. The Labute approximate surface area is 166 Å². The molecule has 29 heavy (non-hydrogen) atoms. The molecule has 2 N–H and O–H groups in total. The highest BCUT2D eigenvalue weighted by Crippen LogP contribution is 2.26. The SMILES string of the molecule is CCNC(=O)NC(=O)COC(=O)c1ccc2c(c1)C(=O)N(CC1CCCO1)C2=O. The van der Waals surface area contributed by atoms with Gasteiger partial charge in [-0.1, -0.05) is 0 Å². The van der Waals surface area contributed by atoms with Gasteiger partial charge in [0.1, 0.15) is 0 Å². The van der Waals surface area contributed by atoms with E-state index in [1.807, 2.05) is 5.32 Å². The van der Waals surface area contributed by atoms with Crippen molar-refractivity contribution in [3.63, 3.8) is 0 Å². The molecule has 1 fully saturated rings. The first kappa shape index (κ1) is 20.5. The number of rotatable bonds is 6. The van der Waals surface area contributed by atoms with E-state index in [0.29, 0.717) is 13.2 Å². The number of urea groups is 1. The van der Waals surface area contributed by atoms with Crippen LogP contribution in [0.25, 0.3) is 0 Å². The van der Waals surface area contributed by atoms with Crippen LogP contribution in [0.1, 0.15) is 50.8 Å². The average molecular weight is 403 g/mol. The van der Waals surface area contributed by atoms with Crippen molar-refractivity contribution in [3.05, 3.63) is 34.9 Å². The molecule has 2 aliphatic heterocycles. The van der Waals surface area contributed by atoms with Crippen LogP contribution in [0.3, 0.4) is 0 Å². The minimum absolute atomic E-state index is 0.0228. The summed E-state index contributed by atoms with van der Waals surface area (Å²) in [5.74, 6) is -2.57. The van der Waals surface area contributed by atoms with E-state index < -0.39 is 36.3 Å². The van der Waals surface area contributed by atoms with Crippen molar-refractivity contribution in [2.75, 3.05) is 26.3 Å². The minimum atomic E-state index is -0.850. The van der Waals surface area contributed by atoms with Crippen LogP contribution in [-0.2, 0) is 14.3 Å². The van der Waals surface area contributed by atoms with Gasteiger partial charge in [-0.3, -0.25) is 24.6 Å². The summed E-state index contributed by atoms with van der Waals surface area (Å²) in [6.07, 6.45) is 1.49. The monoisotopic (exact) mass is 403 g/mol. The van der Waals surface area contributed by atoms with Crippen LogP contribution in [0.4, 0.5) is 4.79 Å². The second kappa shape index (κ2) is 8.82. The molecule has 0 saturated carbocycles. The molecule has 154 valence electrons. The van der Waals surface area contributed by atoms with Crippen LogP contribution < -0.4 is 10.6 Å². The molecule has 0 radical (unpaired) electrons. The maximum Gasteiger partial charge on any atom is 0.338 e. The molecule has 1 aromatic rings. The fraction of sp³-hybridized carbons (Fsp3) is 0.421. The second-order valence-electron chi connectivity index (χ2n) is 6.60. The summed E-state index contributed by atoms with van der Waals surface area (Å²) in [4.78, 5) is 61.2. The van der Waals surface area contributed by atoms with Gasteiger partial charge in [-0.15, -0.1) is 0 Å². The highest BCUT2D eigenvalue weighted by molar-refractivity contribution is 6.22. The van der Waals surface area contributed by atoms with E-state index in [2.05, 4.69) is 5.32 Å². The number of hydrogen-bond donors (Lipinski definition) is 2. The molecule has 5 amide bonds. The van der Waals surface area contributed by atoms with E-state index in [0.717, 1.165) is 17.7 Å². The van der Waals surface area contributed by atoms with Gasteiger partial charge in [0.2, 0.25) is 0 Å². The summed E-state index contributed by atoms with van der Waals surface area (Å²) < 4.78 is 10.3. The van der Waals surface area contributed by atoms with Gasteiger partial charge in [-0.25, -0.2) is 9.59 Å². The van der Waals surface area contributed by atoms with Gasteiger partial charge in [0, 0.05) is 13.2 Å². The standard InChI is InChI=1S/C19H21N3O7/c1-2-20-19(27)21-15(23)10-29-18(26)11-5-6-13-14(8-11)17(25)22(16(13)24)9-12-4-3-7-28-12/h5-6,8,12H,2-4,7,9-10H2,1H3,(H2,20,21,23,27). The summed E-state index contributed by atoms with van der Waals surface area (Å²) in [7, 11) is 0. The first-order chi connectivity index (χ1) is 13.9. The Morgan fingerprint density at radius 1 is 1.21 bits per heavy atom. The van der Waals surface area contributed by atoms with Gasteiger partial charge in [0.15, 0.2) is 6.61 Å². The summed E-state index contributed by atoms with van der Waals surface area (Å²) in [5.41, 5.74) is 0.336. The van der Waals surface area contributed by atoms with Crippen LogP contribution in [0.2, 0.25) is 0 Å². The number of imide groups is 2. The van der Waals surface area contributed by atoms with Gasteiger partial charge in [-0.2, -0.15) is 0 Å². The van der Waals surface area contributed by atoms with Gasteiger partial charge in [0.05, 0.1) is 29.3 Å². The molecule has 1 atom stereocenters. The number of nitrogens with zero attached hydrogens (tertiary/aromatic N) is 1. The Morgan fingerprint density at radius 2 is 1.97 bits per heavy atom. The maximum absolute atomic E-state index is 12.6. The lowest BCUT2D eigenvalue weighted by atomic mass is 10.1. The minimum Gasteiger partial charge on any atom is -0.452 e. The first-order valence-corrected chi connectivity index (χ1v) is 9.27.